The van der Waals surface area contributed by atoms with Crippen molar-refractivity contribution in [2.75, 3.05) is 5.73 Å². The Kier molecular flexibility index (Phi) is 11.1. The van der Waals surface area contributed by atoms with Gasteiger partial charge >= 0.3 is 0 Å². The van der Waals surface area contributed by atoms with Crippen LogP contribution in [0.15, 0.2) is 165 Å². The number of nitrogens with two attached hydrogens (primary N) is 1. The lowest BCUT2D eigenvalue weighted by molar-refractivity contribution is -0.387. The number of ketones is 2. The molecule has 0 saturated heterocycles. The van der Waals surface area contributed by atoms with Crippen molar-refractivity contribution in [3.8, 4) is 0 Å². The maximum atomic E-state index is 13.8. The lowest BCUT2D eigenvalue weighted by Crippen LogP contribution is -2.02. The second kappa shape index (κ2) is 15.8. The summed E-state index contributed by atoms with van der Waals surface area (Å²) < 4.78 is 27.5. The van der Waals surface area contributed by atoms with Crippen molar-refractivity contribution in [3.63, 3.8) is 0 Å². The summed E-state index contributed by atoms with van der Waals surface area (Å²) in [5, 5.41) is 11.4. The van der Waals surface area contributed by atoms with Gasteiger partial charge in [0.1, 0.15) is 11.6 Å². The summed E-state index contributed by atoms with van der Waals surface area (Å²) in [6.07, 6.45) is 0. The zero-order valence-electron chi connectivity index (χ0n) is 25.1. The summed E-state index contributed by atoms with van der Waals surface area (Å²) in [5.74, 6) is -1.13. The van der Waals surface area contributed by atoms with E-state index in [0.717, 1.165) is 16.7 Å². The van der Waals surface area contributed by atoms with Gasteiger partial charge in [0.15, 0.2) is 11.6 Å². The van der Waals surface area contributed by atoms with Crippen LogP contribution in [0, 0.1) is 21.7 Å². The number of carbonyl (C=O) groups is 2. The zero-order chi connectivity index (χ0) is 34.0. The number of nitro benzene ring substituents is 1. The Morgan fingerprint density at radius 2 is 0.938 bits per heavy atom. The number of hydrogen-bond acceptors (Lipinski definition) is 7. The Morgan fingerprint density at radius 1 is 0.521 bits per heavy atom. The van der Waals surface area contributed by atoms with Crippen LogP contribution in [-0.2, 0) is 0 Å². The molecule has 6 rings (SSSR count). The van der Waals surface area contributed by atoms with E-state index in [0.29, 0.717) is 27.3 Å². The summed E-state index contributed by atoms with van der Waals surface area (Å²) in [7, 11) is 0. The Morgan fingerprint density at radius 3 is 1.40 bits per heavy atom. The van der Waals surface area contributed by atoms with Crippen molar-refractivity contribution >= 4 is 46.5 Å². The zero-order valence-corrected chi connectivity index (χ0v) is 26.7. The number of halogens is 2. The molecule has 0 fully saturated rings. The van der Waals surface area contributed by atoms with Crippen LogP contribution < -0.4 is 5.73 Å². The molecule has 2 N–H and O–H groups in total. The SMILES string of the molecule is Nc1cc(C(=O)c2ccccc2)ccc1Sc1ccccc1F.O=C(c1ccccc1)c1ccc(Sc2ccccc2F)c([N+](=O)[O-])c1. The number of nitrogens with zero attached hydrogens (tertiary/aromatic N) is 1. The molecule has 0 aliphatic heterocycles. The molecule has 238 valence electrons. The molecule has 0 amide bonds. The fourth-order valence-corrected chi connectivity index (χ4v) is 6.26. The largest absolute Gasteiger partial charge is 0.398 e. The Bertz CT molecular complexity index is 2090. The van der Waals surface area contributed by atoms with Crippen LogP contribution in [0.5, 0.6) is 0 Å². The fourth-order valence-electron chi connectivity index (χ4n) is 4.47. The number of nitrogen functional groups attached to an aromatic ring is 1. The van der Waals surface area contributed by atoms with Gasteiger partial charge < -0.3 is 5.73 Å². The molecule has 48 heavy (non-hydrogen) atoms. The van der Waals surface area contributed by atoms with Gasteiger partial charge in [-0.25, -0.2) is 8.78 Å². The van der Waals surface area contributed by atoms with E-state index in [9.17, 15) is 28.5 Å². The van der Waals surface area contributed by atoms with Gasteiger partial charge in [-0.2, -0.15) is 0 Å². The maximum absolute atomic E-state index is 13.8. The van der Waals surface area contributed by atoms with Crippen molar-refractivity contribution in [2.24, 2.45) is 0 Å². The van der Waals surface area contributed by atoms with E-state index in [1.165, 1.54) is 42.1 Å². The van der Waals surface area contributed by atoms with Gasteiger partial charge in [0.25, 0.3) is 5.69 Å². The van der Waals surface area contributed by atoms with E-state index in [1.54, 1.807) is 97.1 Å². The van der Waals surface area contributed by atoms with E-state index >= 15 is 0 Å². The van der Waals surface area contributed by atoms with Gasteiger partial charge in [-0.05, 0) is 54.6 Å². The summed E-state index contributed by atoms with van der Waals surface area (Å²) in [5.41, 5.74) is 8.07. The molecule has 0 unspecified atom stereocenters. The average Bonchev–Trinajstić information content (AvgIpc) is 3.11. The van der Waals surface area contributed by atoms with Gasteiger partial charge in [-0.1, -0.05) is 108 Å². The number of hydrogen-bond donors (Lipinski definition) is 1. The highest BCUT2D eigenvalue weighted by molar-refractivity contribution is 7.99. The number of anilines is 1. The molecule has 6 aromatic rings. The summed E-state index contributed by atoms with van der Waals surface area (Å²) in [6.45, 7) is 0. The summed E-state index contributed by atoms with van der Waals surface area (Å²) >= 11 is 2.20. The number of carbonyl (C=O) groups excluding carboxylic acids is 2. The third-order valence-electron chi connectivity index (χ3n) is 6.87. The van der Waals surface area contributed by atoms with Crippen molar-refractivity contribution < 1.29 is 23.3 Å². The van der Waals surface area contributed by atoms with Crippen LogP contribution in [0.2, 0.25) is 0 Å². The molecule has 0 atom stereocenters. The Hall–Kier alpha value is -5.58. The molecule has 6 nitrogen and oxygen atoms in total. The first-order chi connectivity index (χ1) is 23.2. The van der Waals surface area contributed by atoms with Gasteiger partial charge in [0.2, 0.25) is 0 Å². The van der Waals surface area contributed by atoms with E-state index in [4.69, 9.17) is 5.73 Å². The molecule has 6 aromatic carbocycles. The van der Waals surface area contributed by atoms with Crippen molar-refractivity contribution in [2.45, 2.75) is 19.6 Å². The number of benzene rings is 6. The van der Waals surface area contributed by atoms with Gasteiger partial charge in [-0.3, -0.25) is 19.7 Å². The lowest BCUT2D eigenvalue weighted by atomic mass is 10.0. The smallest absolute Gasteiger partial charge is 0.283 e. The topological polar surface area (TPSA) is 103 Å². The highest BCUT2D eigenvalue weighted by atomic mass is 32.2. The van der Waals surface area contributed by atoms with E-state index in [-0.39, 0.29) is 38.4 Å². The predicted molar refractivity (Wildman–Crippen MR) is 185 cm³/mol. The molecule has 0 bridgehead atoms. The molecule has 10 heteroatoms. The first kappa shape index (κ1) is 33.8. The molecule has 0 spiro atoms. The standard InChI is InChI=1S/C19H12FNO3S.C19H14FNOS/c20-15-8-4-5-9-17(15)25-18-11-10-14(12-16(18)21(23)24)19(22)13-6-2-1-3-7-13;20-15-8-4-5-9-17(15)23-18-11-10-14(12-16(18)21)19(22)13-6-2-1-3-7-13/h1-12H;1-12H,21H2. The minimum atomic E-state index is -0.565. The summed E-state index contributed by atoms with van der Waals surface area (Å²) in [6, 6.07) is 39.5. The lowest BCUT2D eigenvalue weighted by Gasteiger charge is -2.08. The van der Waals surface area contributed by atoms with Crippen LogP contribution >= 0.6 is 23.5 Å². The second-order valence-corrected chi connectivity index (χ2v) is 12.3. The quantitative estimate of drug-likeness (QED) is 0.0704. The molecule has 0 radical (unpaired) electrons. The van der Waals surface area contributed by atoms with Crippen molar-refractivity contribution in [1.29, 1.82) is 0 Å². The van der Waals surface area contributed by atoms with Crippen LogP contribution in [0.4, 0.5) is 20.2 Å². The van der Waals surface area contributed by atoms with Crippen LogP contribution in [-0.4, -0.2) is 16.5 Å². The number of rotatable bonds is 9. The molecule has 0 aliphatic carbocycles. The first-order valence-electron chi connectivity index (χ1n) is 14.4. The van der Waals surface area contributed by atoms with Crippen LogP contribution in [0.25, 0.3) is 0 Å². The number of nitro groups is 1. The average molecular weight is 677 g/mol. The van der Waals surface area contributed by atoms with Crippen molar-refractivity contribution in [3.05, 3.63) is 190 Å². The van der Waals surface area contributed by atoms with Gasteiger partial charge in [0.05, 0.1) is 9.82 Å². The molecular formula is C38H26F2N2O4S2. The van der Waals surface area contributed by atoms with Gasteiger partial charge in [0, 0.05) is 48.7 Å². The predicted octanol–water partition coefficient (Wildman–Crippen LogP) is 9.91. The minimum absolute atomic E-state index is 0.0836. The minimum Gasteiger partial charge on any atom is -0.398 e. The highest BCUT2D eigenvalue weighted by Gasteiger charge is 2.20. The normalized spacial score (nSPS) is 10.5. The van der Waals surface area contributed by atoms with Crippen LogP contribution in [0.3, 0.4) is 0 Å². The van der Waals surface area contributed by atoms with Crippen molar-refractivity contribution in [1.82, 2.24) is 0 Å². The van der Waals surface area contributed by atoms with Gasteiger partial charge in [-0.15, -0.1) is 0 Å². The molecule has 0 saturated carbocycles. The summed E-state index contributed by atoms with van der Waals surface area (Å²) in [4.78, 5) is 37.5. The first-order valence-corrected chi connectivity index (χ1v) is 16.1. The van der Waals surface area contributed by atoms with E-state index in [2.05, 4.69) is 0 Å². The fraction of sp³-hybridized carbons (Fsp3) is 0. The van der Waals surface area contributed by atoms with Crippen LogP contribution in [0.1, 0.15) is 31.8 Å². The Balaban J connectivity index is 0.000000188. The Labute approximate surface area is 283 Å². The molecule has 0 aliphatic rings. The maximum Gasteiger partial charge on any atom is 0.283 e. The monoisotopic (exact) mass is 676 g/mol. The second-order valence-electron chi connectivity index (χ2n) is 10.1. The molecule has 0 heterocycles. The third kappa shape index (κ3) is 8.41. The highest BCUT2D eigenvalue weighted by Crippen LogP contribution is 2.37. The molecular weight excluding hydrogens is 651 g/mol. The van der Waals surface area contributed by atoms with E-state index < -0.39 is 10.7 Å². The third-order valence-corrected chi connectivity index (χ3v) is 9.13. The molecule has 0 aromatic heterocycles. The van der Waals surface area contributed by atoms with E-state index in [1.807, 2.05) is 18.2 Å².